The van der Waals surface area contributed by atoms with Gasteiger partial charge in [0.1, 0.15) is 5.00 Å². The van der Waals surface area contributed by atoms with Crippen molar-refractivity contribution in [3.63, 3.8) is 0 Å². The summed E-state index contributed by atoms with van der Waals surface area (Å²) in [7, 11) is 0. The molecule has 0 unspecified atom stereocenters. The molecule has 0 spiro atoms. The van der Waals surface area contributed by atoms with E-state index in [2.05, 4.69) is 10.6 Å². The maximum Gasteiger partial charge on any atom is 0.418 e. The molecule has 1 heterocycles. The molecule has 0 aliphatic heterocycles. The van der Waals surface area contributed by atoms with Gasteiger partial charge in [-0.15, -0.1) is 11.3 Å². The van der Waals surface area contributed by atoms with Crippen LogP contribution in [0.2, 0.25) is 5.02 Å². The molecule has 0 aliphatic carbocycles. The van der Waals surface area contributed by atoms with Crippen molar-refractivity contribution in [1.29, 1.82) is 0 Å². The molecule has 3 aromatic rings. The fourth-order valence-corrected chi connectivity index (χ4v) is 4.27. The molecule has 0 atom stereocenters. The van der Waals surface area contributed by atoms with Crippen LogP contribution >= 0.6 is 22.9 Å². The molecule has 0 aliphatic rings. The molecule has 0 bridgehead atoms. The molecule has 0 saturated heterocycles. The van der Waals surface area contributed by atoms with Gasteiger partial charge >= 0.3 is 12.1 Å². The summed E-state index contributed by atoms with van der Waals surface area (Å²) in [5.74, 6) is -2.22. The van der Waals surface area contributed by atoms with Crippen LogP contribution < -0.4 is 10.6 Å². The molecule has 2 N–H and O–H groups in total. The number of nitrogens with one attached hydrogen (secondary N) is 2. The third kappa shape index (κ3) is 5.57. The van der Waals surface area contributed by atoms with E-state index in [1.54, 1.807) is 6.92 Å². The lowest BCUT2D eigenvalue weighted by Crippen LogP contribution is -2.17. The van der Waals surface area contributed by atoms with E-state index in [-0.39, 0.29) is 33.2 Å². The van der Waals surface area contributed by atoms with Crippen LogP contribution in [0.4, 0.5) is 23.9 Å². The van der Waals surface area contributed by atoms with Gasteiger partial charge in [0.05, 0.1) is 28.3 Å². The first kappa shape index (κ1) is 25.3. The minimum Gasteiger partial charge on any atom is -0.462 e. The molecule has 1 aromatic heterocycles. The van der Waals surface area contributed by atoms with Crippen LogP contribution in [0.3, 0.4) is 0 Å². The predicted molar refractivity (Wildman–Crippen MR) is 124 cm³/mol. The molecule has 3 rings (SSSR count). The Kier molecular flexibility index (Phi) is 7.63. The molecule has 178 valence electrons. The Balaban J connectivity index is 1.97. The highest BCUT2D eigenvalue weighted by Crippen LogP contribution is 2.37. The number of hydrogen-bond donors (Lipinski definition) is 2. The van der Waals surface area contributed by atoms with Crippen molar-refractivity contribution in [3.05, 3.63) is 80.7 Å². The Morgan fingerprint density at radius 1 is 1.00 bits per heavy atom. The first-order chi connectivity index (χ1) is 16.0. The second kappa shape index (κ2) is 10.3. The number of carbonyl (C=O) groups excluding carboxylic acids is 3. The van der Waals surface area contributed by atoms with Crippen LogP contribution in [-0.2, 0) is 10.9 Å². The summed E-state index contributed by atoms with van der Waals surface area (Å²) in [6.07, 6.45) is -4.68. The van der Waals surface area contributed by atoms with E-state index in [9.17, 15) is 27.6 Å². The SMILES string of the molecule is CCOC(=O)c1c(NC(=O)c2ccc(Cl)cc2)sc(C(=O)Nc2ccccc2C(F)(F)F)c1C. The zero-order valence-corrected chi connectivity index (χ0v) is 19.5. The maximum absolute atomic E-state index is 13.3. The Hall–Kier alpha value is -3.37. The van der Waals surface area contributed by atoms with Crippen molar-refractivity contribution in [2.75, 3.05) is 17.2 Å². The quantitative estimate of drug-likeness (QED) is 0.375. The van der Waals surface area contributed by atoms with Crippen molar-refractivity contribution in [3.8, 4) is 0 Å². The molecule has 11 heteroatoms. The highest BCUT2D eigenvalue weighted by Gasteiger charge is 2.34. The summed E-state index contributed by atoms with van der Waals surface area (Å²) in [5, 5.41) is 5.28. The van der Waals surface area contributed by atoms with Gasteiger partial charge < -0.3 is 15.4 Å². The van der Waals surface area contributed by atoms with E-state index in [0.717, 1.165) is 23.5 Å². The van der Waals surface area contributed by atoms with Crippen molar-refractivity contribution < 1.29 is 32.3 Å². The number of hydrogen-bond acceptors (Lipinski definition) is 5. The largest absolute Gasteiger partial charge is 0.462 e. The molecule has 2 aromatic carbocycles. The van der Waals surface area contributed by atoms with Gasteiger partial charge in [0.2, 0.25) is 0 Å². The number of carbonyl (C=O) groups is 3. The zero-order chi connectivity index (χ0) is 25.0. The van der Waals surface area contributed by atoms with Crippen LogP contribution in [0.1, 0.15) is 48.4 Å². The third-order valence-corrected chi connectivity index (χ3v) is 6.10. The van der Waals surface area contributed by atoms with Crippen LogP contribution in [0.15, 0.2) is 48.5 Å². The van der Waals surface area contributed by atoms with Crippen LogP contribution in [-0.4, -0.2) is 24.4 Å². The number of ether oxygens (including phenoxy) is 1. The monoisotopic (exact) mass is 510 g/mol. The van der Waals surface area contributed by atoms with Gasteiger partial charge in [-0.05, 0) is 55.8 Å². The lowest BCUT2D eigenvalue weighted by atomic mass is 10.1. The zero-order valence-electron chi connectivity index (χ0n) is 17.9. The summed E-state index contributed by atoms with van der Waals surface area (Å²) >= 11 is 6.59. The number of para-hydroxylation sites is 1. The molecule has 34 heavy (non-hydrogen) atoms. The third-order valence-electron chi connectivity index (χ3n) is 4.65. The Morgan fingerprint density at radius 2 is 1.65 bits per heavy atom. The van der Waals surface area contributed by atoms with Gasteiger partial charge in [0.25, 0.3) is 11.8 Å². The van der Waals surface area contributed by atoms with Crippen LogP contribution in [0.5, 0.6) is 0 Å². The number of thiophene rings is 1. The smallest absolute Gasteiger partial charge is 0.418 e. The number of halogens is 4. The van der Waals surface area contributed by atoms with E-state index in [1.807, 2.05) is 0 Å². The van der Waals surface area contributed by atoms with Gasteiger partial charge in [-0.25, -0.2) is 4.79 Å². The minimum absolute atomic E-state index is 0.0326. The molecular weight excluding hydrogens is 493 g/mol. The first-order valence-electron chi connectivity index (χ1n) is 9.88. The number of esters is 1. The Bertz CT molecular complexity index is 1240. The summed E-state index contributed by atoms with van der Waals surface area (Å²) in [6, 6.07) is 10.5. The molecule has 6 nitrogen and oxygen atoms in total. The van der Waals surface area contributed by atoms with Crippen molar-refractivity contribution >= 4 is 51.4 Å². The fraction of sp³-hybridized carbons (Fsp3) is 0.174. The number of anilines is 2. The van der Waals surface area contributed by atoms with Crippen LogP contribution in [0.25, 0.3) is 0 Å². The number of benzene rings is 2. The van der Waals surface area contributed by atoms with Crippen molar-refractivity contribution in [2.24, 2.45) is 0 Å². The lowest BCUT2D eigenvalue weighted by Gasteiger charge is -2.13. The topological polar surface area (TPSA) is 84.5 Å². The van der Waals surface area contributed by atoms with Gasteiger partial charge in [-0.3, -0.25) is 9.59 Å². The van der Waals surface area contributed by atoms with Crippen molar-refractivity contribution in [2.45, 2.75) is 20.0 Å². The highest BCUT2D eigenvalue weighted by atomic mass is 35.5. The van der Waals surface area contributed by atoms with Gasteiger partial charge in [-0.2, -0.15) is 13.2 Å². The highest BCUT2D eigenvalue weighted by molar-refractivity contribution is 7.19. The molecular formula is C23H18ClF3N2O4S. The van der Waals surface area contributed by atoms with Crippen molar-refractivity contribution in [1.82, 2.24) is 0 Å². The van der Waals surface area contributed by atoms with E-state index in [4.69, 9.17) is 16.3 Å². The fourth-order valence-electron chi connectivity index (χ4n) is 3.06. The van der Waals surface area contributed by atoms with E-state index in [0.29, 0.717) is 5.02 Å². The summed E-state index contributed by atoms with van der Waals surface area (Å²) < 4.78 is 45.0. The normalized spacial score (nSPS) is 11.1. The van der Waals surface area contributed by atoms with E-state index >= 15 is 0 Å². The molecule has 0 saturated carbocycles. The maximum atomic E-state index is 13.3. The number of alkyl halides is 3. The number of rotatable bonds is 6. The van der Waals surface area contributed by atoms with Gasteiger partial charge in [0, 0.05) is 10.6 Å². The second-order valence-electron chi connectivity index (χ2n) is 6.94. The molecule has 0 radical (unpaired) electrons. The van der Waals surface area contributed by atoms with Gasteiger partial charge in [-0.1, -0.05) is 23.7 Å². The second-order valence-corrected chi connectivity index (χ2v) is 8.40. The summed E-state index contributed by atoms with van der Waals surface area (Å²) in [6.45, 7) is 3.08. The Labute approximate surface area is 201 Å². The van der Waals surface area contributed by atoms with Gasteiger partial charge in [0.15, 0.2) is 0 Å². The minimum atomic E-state index is -4.68. The lowest BCUT2D eigenvalue weighted by molar-refractivity contribution is -0.136. The molecule has 2 amide bonds. The van der Waals surface area contributed by atoms with E-state index < -0.39 is 35.2 Å². The summed E-state index contributed by atoms with van der Waals surface area (Å²) in [4.78, 5) is 38.1. The number of amides is 2. The standard InChI is InChI=1S/C23H18ClF3N2O4S/c1-3-33-22(32)17-12(2)18(20(31)28-16-7-5-4-6-15(16)23(25,26)27)34-21(17)29-19(30)13-8-10-14(24)11-9-13/h4-11H,3H2,1-2H3,(H,28,31)(H,29,30). The van der Waals surface area contributed by atoms with Crippen LogP contribution in [0, 0.1) is 6.92 Å². The predicted octanol–water partition coefficient (Wildman–Crippen LogP) is 6.41. The average molecular weight is 511 g/mol. The Morgan fingerprint density at radius 3 is 2.26 bits per heavy atom. The summed E-state index contributed by atoms with van der Waals surface area (Å²) in [5.41, 5.74) is -1.09. The van der Waals surface area contributed by atoms with E-state index in [1.165, 1.54) is 43.3 Å². The first-order valence-corrected chi connectivity index (χ1v) is 11.1. The average Bonchev–Trinajstić information content (AvgIpc) is 3.09. The molecule has 0 fully saturated rings.